The molecular weight excluding hydrogens is 280 g/mol. The summed E-state index contributed by atoms with van der Waals surface area (Å²) in [6, 6.07) is 12.4. The Balaban J connectivity index is 2.36. The zero-order valence-electron chi connectivity index (χ0n) is 10.8. The van der Waals surface area contributed by atoms with E-state index in [0.717, 1.165) is 16.9 Å². The zero-order chi connectivity index (χ0) is 14.5. The highest BCUT2D eigenvalue weighted by atomic mass is 35.5. The van der Waals surface area contributed by atoms with Gasteiger partial charge < -0.3 is 14.6 Å². The lowest BCUT2D eigenvalue weighted by molar-refractivity contribution is -0.139. The lowest BCUT2D eigenvalue weighted by Crippen LogP contribution is -2.09. The van der Waals surface area contributed by atoms with Crippen molar-refractivity contribution >= 4 is 17.6 Å². The molecule has 0 heterocycles. The molecule has 2 rings (SSSR count). The highest BCUT2D eigenvalue weighted by Crippen LogP contribution is 2.33. The monoisotopic (exact) mass is 292 g/mol. The number of halogens is 1. The summed E-state index contributed by atoms with van der Waals surface area (Å²) in [5, 5.41) is 9.25. The van der Waals surface area contributed by atoms with Gasteiger partial charge in [-0.3, -0.25) is 0 Å². The predicted octanol–water partition coefficient (Wildman–Crippen LogP) is 3.48. The minimum atomic E-state index is -1.03. The van der Waals surface area contributed by atoms with Crippen LogP contribution in [0.15, 0.2) is 42.5 Å². The van der Waals surface area contributed by atoms with Crippen molar-refractivity contribution in [2.24, 2.45) is 0 Å². The van der Waals surface area contributed by atoms with E-state index in [9.17, 15) is 4.79 Å². The van der Waals surface area contributed by atoms with Gasteiger partial charge in [0.25, 0.3) is 0 Å². The number of carboxylic acid groups (broad SMARTS) is 1. The van der Waals surface area contributed by atoms with Gasteiger partial charge in [0.2, 0.25) is 0 Å². The van der Waals surface area contributed by atoms with Crippen LogP contribution in [0.25, 0.3) is 11.1 Å². The van der Waals surface area contributed by atoms with Crippen molar-refractivity contribution in [3.05, 3.63) is 47.5 Å². The van der Waals surface area contributed by atoms with Gasteiger partial charge in [-0.25, -0.2) is 4.79 Å². The number of hydrogen-bond acceptors (Lipinski definition) is 3. The van der Waals surface area contributed by atoms with Crippen LogP contribution in [0.2, 0.25) is 5.02 Å². The minimum absolute atomic E-state index is 0.398. The Morgan fingerprint density at radius 3 is 2.50 bits per heavy atom. The first-order chi connectivity index (χ1) is 9.60. The van der Waals surface area contributed by atoms with Gasteiger partial charge in [-0.2, -0.15) is 0 Å². The van der Waals surface area contributed by atoms with Gasteiger partial charge in [0.05, 0.1) is 7.11 Å². The Morgan fingerprint density at radius 2 is 1.90 bits per heavy atom. The third-order valence-corrected chi connectivity index (χ3v) is 2.93. The standard InChI is InChI=1S/C15H13ClO4/c1-19-12-5-2-10(3-6-12)13-8-11(16)4-7-14(13)20-9-15(17)18/h2-8H,9H2,1H3,(H,17,18). The maximum atomic E-state index is 10.6. The first-order valence-corrected chi connectivity index (χ1v) is 6.26. The number of aliphatic carboxylic acids is 1. The van der Waals surface area contributed by atoms with Gasteiger partial charge in [0.15, 0.2) is 6.61 Å². The number of rotatable bonds is 5. The topological polar surface area (TPSA) is 55.8 Å². The quantitative estimate of drug-likeness (QED) is 0.916. The number of carboxylic acids is 1. The molecule has 0 spiro atoms. The molecule has 2 aromatic rings. The molecule has 2 aromatic carbocycles. The van der Waals surface area contributed by atoms with Gasteiger partial charge in [0.1, 0.15) is 11.5 Å². The van der Waals surface area contributed by atoms with E-state index in [4.69, 9.17) is 26.2 Å². The number of benzene rings is 2. The SMILES string of the molecule is COc1ccc(-c2cc(Cl)ccc2OCC(=O)O)cc1. The average molecular weight is 293 g/mol. The van der Waals surface area contributed by atoms with Crippen molar-refractivity contribution in [2.45, 2.75) is 0 Å². The summed E-state index contributed by atoms with van der Waals surface area (Å²) in [7, 11) is 1.59. The van der Waals surface area contributed by atoms with E-state index >= 15 is 0 Å². The fraction of sp³-hybridized carbons (Fsp3) is 0.133. The number of ether oxygens (including phenoxy) is 2. The highest BCUT2D eigenvalue weighted by molar-refractivity contribution is 6.31. The highest BCUT2D eigenvalue weighted by Gasteiger charge is 2.09. The third-order valence-electron chi connectivity index (χ3n) is 2.69. The van der Waals surface area contributed by atoms with Crippen LogP contribution in [0, 0.1) is 0 Å². The fourth-order valence-corrected chi connectivity index (χ4v) is 1.94. The average Bonchev–Trinajstić information content (AvgIpc) is 2.46. The zero-order valence-corrected chi connectivity index (χ0v) is 11.6. The van der Waals surface area contributed by atoms with Crippen LogP contribution in [0.3, 0.4) is 0 Å². The van der Waals surface area contributed by atoms with E-state index in [1.165, 1.54) is 0 Å². The van der Waals surface area contributed by atoms with Crippen molar-refractivity contribution in [3.8, 4) is 22.6 Å². The van der Waals surface area contributed by atoms with Crippen LogP contribution < -0.4 is 9.47 Å². The number of hydrogen-bond donors (Lipinski definition) is 1. The van der Waals surface area contributed by atoms with Crippen molar-refractivity contribution < 1.29 is 19.4 Å². The minimum Gasteiger partial charge on any atom is -0.497 e. The molecule has 0 unspecified atom stereocenters. The molecule has 0 aliphatic heterocycles. The Morgan fingerprint density at radius 1 is 1.20 bits per heavy atom. The lowest BCUT2D eigenvalue weighted by atomic mass is 10.0. The van der Waals surface area contributed by atoms with Crippen LogP contribution in [0.5, 0.6) is 11.5 Å². The molecule has 5 heteroatoms. The number of methoxy groups -OCH3 is 1. The second-order valence-corrected chi connectivity index (χ2v) is 4.49. The van der Waals surface area contributed by atoms with Crippen LogP contribution in [0.4, 0.5) is 0 Å². The summed E-state index contributed by atoms with van der Waals surface area (Å²) in [5.41, 5.74) is 1.61. The van der Waals surface area contributed by atoms with Crippen molar-refractivity contribution in [2.75, 3.05) is 13.7 Å². The van der Waals surface area contributed by atoms with Crippen LogP contribution in [0.1, 0.15) is 0 Å². The molecule has 0 saturated carbocycles. The van der Waals surface area contributed by atoms with E-state index in [1.807, 2.05) is 24.3 Å². The molecule has 0 saturated heterocycles. The van der Waals surface area contributed by atoms with Crippen molar-refractivity contribution in [1.29, 1.82) is 0 Å². The maximum absolute atomic E-state index is 10.6. The summed E-state index contributed by atoms with van der Waals surface area (Å²) < 4.78 is 10.4. The van der Waals surface area contributed by atoms with Crippen LogP contribution >= 0.6 is 11.6 Å². The van der Waals surface area contributed by atoms with E-state index in [-0.39, 0.29) is 0 Å². The normalized spacial score (nSPS) is 10.1. The molecule has 1 N–H and O–H groups in total. The summed E-state index contributed by atoms with van der Waals surface area (Å²) in [6.45, 7) is -0.398. The van der Waals surface area contributed by atoms with Gasteiger partial charge in [-0.05, 0) is 35.9 Å². The Labute approximate surface area is 121 Å². The molecular formula is C15H13ClO4. The first-order valence-electron chi connectivity index (χ1n) is 5.88. The summed E-state index contributed by atoms with van der Waals surface area (Å²) in [5.74, 6) is 0.186. The van der Waals surface area contributed by atoms with Gasteiger partial charge >= 0.3 is 5.97 Å². The van der Waals surface area contributed by atoms with E-state index in [0.29, 0.717) is 10.8 Å². The molecule has 0 bridgehead atoms. The summed E-state index contributed by atoms with van der Waals surface area (Å²) in [4.78, 5) is 10.6. The smallest absolute Gasteiger partial charge is 0.341 e. The van der Waals surface area contributed by atoms with Crippen molar-refractivity contribution in [1.82, 2.24) is 0 Å². The largest absolute Gasteiger partial charge is 0.497 e. The second-order valence-electron chi connectivity index (χ2n) is 4.05. The van der Waals surface area contributed by atoms with Crippen LogP contribution in [-0.2, 0) is 4.79 Å². The van der Waals surface area contributed by atoms with Crippen molar-refractivity contribution in [3.63, 3.8) is 0 Å². The summed E-state index contributed by atoms with van der Waals surface area (Å²) >= 11 is 5.99. The lowest BCUT2D eigenvalue weighted by Gasteiger charge is -2.11. The molecule has 104 valence electrons. The molecule has 0 aliphatic carbocycles. The third kappa shape index (κ3) is 3.42. The van der Waals surface area contributed by atoms with Gasteiger partial charge in [-0.15, -0.1) is 0 Å². The predicted molar refractivity (Wildman–Crippen MR) is 76.6 cm³/mol. The van der Waals surface area contributed by atoms with Crippen LogP contribution in [-0.4, -0.2) is 24.8 Å². The van der Waals surface area contributed by atoms with E-state index in [2.05, 4.69) is 0 Å². The Kier molecular flexibility index (Phi) is 4.48. The molecule has 0 amide bonds. The summed E-state index contributed by atoms with van der Waals surface area (Å²) in [6.07, 6.45) is 0. The molecule has 0 atom stereocenters. The Bertz CT molecular complexity index is 608. The molecule has 20 heavy (non-hydrogen) atoms. The molecule has 0 radical (unpaired) electrons. The Hall–Kier alpha value is -2.20. The second kappa shape index (κ2) is 6.30. The fourth-order valence-electron chi connectivity index (χ4n) is 1.76. The molecule has 4 nitrogen and oxygen atoms in total. The molecule has 0 aromatic heterocycles. The molecule has 0 fully saturated rings. The first kappa shape index (κ1) is 14.2. The van der Waals surface area contributed by atoms with Gasteiger partial charge in [-0.1, -0.05) is 23.7 Å². The van der Waals surface area contributed by atoms with E-state index in [1.54, 1.807) is 25.3 Å². The van der Waals surface area contributed by atoms with Gasteiger partial charge in [0, 0.05) is 10.6 Å². The number of carbonyl (C=O) groups is 1. The van der Waals surface area contributed by atoms with E-state index < -0.39 is 12.6 Å². The molecule has 0 aliphatic rings. The maximum Gasteiger partial charge on any atom is 0.341 e.